The number of benzene rings is 3. The molecule has 0 saturated carbocycles. The third-order valence-corrected chi connectivity index (χ3v) is 6.63. The number of anilines is 1. The third-order valence-electron chi connectivity index (χ3n) is 6.30. The number of rotatable bonds is 11. The lowest BCUT2D eigenvalue weighted by Gasteiger charge is -2.25. The zero-order chi connectivity index (χ0) is 29.7. The first-order chi connectivity index (χ1) is 19.7. The maximum atomic E-state index is 13.8. The lowest BCUT2D eigenvalue weighted by Crippen LogP contribution is -2.52. The second kappa shape index (κ2) is 12.6. The predicted octanol–water partition coefficient (Wildman–Crippen LogP) is 4.06. The molecule has 2 N–H and O–H groups in total. The summed E-state index contributed by atoms with van der Waals surface area (Å²) in [5, 5.41) is 11.8. The Morgan fingerprint density at radius 3 is 2.27 bits per heavy atom. The number of carboxylic acid groups (broad SMARTS) is 1. The van der Waals surface area contributed by atoms with Gasteiger partial charge in [0.25, 0.3) is 11.8 Å². The third kappa shape index (κ3) is 6.21. The van der Waals surface area contributed by atoms with Crippen molar-refractivity contribution in [2.24, 2.45) is 0 Å². The van der Waals surface area contributed by atoms with E-state index in [2.05, 4.69) is 5.32 Å². The molecule has 0 bridgehead atoms. The fourth-order valence-corrected chi connectivity index (χ4v) is 4.46. The molecule has 212 valence electrons. The van der Waals surface area contributed by atoms with E-state index in [9.17, 15) is 29.1 Å². The number of nitrogens with zero attached hydrogens (tertiary/aromatic N) is 2. The highest BCUT2D eigenvalue weighted by Gasteiger charge is 2.53. The second-order valence-electron chi connectivity index (χ2n) is 8.90. The molecule has 2 unspecified atom stereocenters. The Morgan fingerprint density at radius 1 is 1.00 bits per heavy atom. The van der Waals surface area contributed by atoms with Gasteiger partial charge in [0.15, 0.2) is 11.8 Å². The van der Waals surface area contributed by atoms with E-state index in [1.807, 2.05) is 0 Å². The fraction of sp³-hybridized carbons (Fsp3) is 0.207. The summed E-state index contributed by atoms with van der Waals surface area (Å²) in [6, 6.07) is 15.3. The van der Waals surface area contributed by atoms with Crippen molar-refractivity contribution in [2.45, 2.75) is 25.7 Å². The van der Waals surface area contributed by atoms with Gasteiger partial charge < -0.3 is 19.9 Å². The van der Waals surface area contributed by atoms with Crippen molar-refractivity contribution in [3.63, 3.8) is 0 Å². The molecule has 4 amide bonds. The van der Waals surface area contributed by atoms with Gasteiger partial charge in [-0.25, -0.2) is 14.5 Å². The summed E-state index contributed by atoms with van der Waals surface area (Å²) in [7, 11) is 1.44. The average Bonchev–Trinajstić information content (AvgIpc) is 3.19. The Bertz CT molecular complexity index is 1480. The molecule has 11 nitrogen and oxygen atoms in total. The molecule has 41 heavy (non-hydrogen) atoms. The van der Waals surface area contributed by atoms with Crippen LogP contribution in [0, 0.1) is 0 Å². The number of methoxy groups -OCH3 is 1. The van der Waals surface area contributed by atoms with Crippen LogP contribution >= 0.6 is 11.6 Å². The molecular formula is C29H26ClN3O8. The fourth-order valence-electron chi connectivity index (χ4n) is 4.29. The number of urea groups is 1. The minimum absolute atomic E-state index is 0.0176. The first-order valence-electron chi connectivity index (χ1n) is 12.5. The maximum absolute atomic E-state index is 13.8. The molecule has 0 aromatic heterocycles. The predicted molar refractivity (Wildman–Crippen MR) is 148 cm³/mol. The SMILES string of the molecule is CCOC1C(=O)N(C(C(=O)Nc2cc(C(=O)O)ccc2Cl)C(=O)c2ccc(OC)cc2)C(=O)N1Cc1ccccc1. The first kappa shape index (κ1) is 29.2. The van der Waals surface area contributed by atoms with Crippen LogP contribution < -0.4 is 10.1 Å². The smallest absolute Gasteiger partial charge is 0.335 e. The molecule has 1 heterocycles. The number of halogens is 1. The molecule has 3 aromatic rings. The van der Waals surface area contributed by atoms with E-state index >= 15 is 0 Å². The molecule has 4 rings (SSSR count). The molecule has 1 aliphatic heterocycles. The molecule has 1 fully saturated rings. The minimum Gasteiger partial charge on any atom is -0.497 e. The molecule has 1 aliphatic rings. The lowest BCUT2D eigenvalue weighted by molar-refractivity contribution is -0.144. The van der Waals surface area contributed by atoms with E-state index in [4.69, 9.17) is 21.1 Å². The molecular weight excluding hydrogens is 554 g/mol. The highest BCUT2D eigenvalue weighted by atomic mass is 35.5. The lowest BCUT2D eigenvalue weighted by atomic mass is 10.0. The van der Waals surface area contributed by atoms with Crippen molar-refractivity contribution in [1.82, 2.24) is 9.80 Å². The number of amides is 4. The number of ketones is 1. The molecule has 3 aromatic carbocycles. The number of nitrogens with one attached hydrogen (secondary N) is 1. The Hall–Kier alpha value is -4.74. The minimum atomic E-state index is -1.98. The van der Waals surface area contributed by atoms with E-state index in [0.29, 0.717) is 16.2 Å². The van der Waals surface area contributed by atoms with E-state index in [1.54, 1.807) is 37.3 Å². The van der Waals surface area contributed by atoms with Crippen molar-refractivity contribution >= 4 is 46.9 Å². The van der Waals surface area contributed by atoms with Crippen molar-refractivity contribution in [3.05, 3.63) is 94.5 Å². The molecule has 2 atom stereocenters. The zero-order valence-corrected chi connectivity index (χ0v) is 22.8. The van der Waals surface area contributed by atoms with Gasteiger partial charge in [-0.1, -0.05) is 41.9 Å². The Kier molecular flexibility index (Phi) is 9.00. The number of imide groups is 1. The van der Waals surface area contributed by atoms with Crippen LogP contribution in [0.1, 0.15) is 33.2 Å². The summed E-state index contributed by atoms with van der Waals surface area (Å²) < 4.78 is 10.7. The van der Waals surface area contributed by atoms with Gasteiger partial charge in [0.05, 0.1) is 29.9 Å². The summed E-state index contributed by atoms with van der Waals surface area (Å²) in [5.74, 6) is -3.68. The largest absolute Gasteiger partial charge is 0.497 e. The highest BCUT2D eigenvalue weighted by Crippen LogP contribution is 2.28. The molecule has 0 aliphatic carbocycles. The van der Waals surface area contributed by atoms with Gasteiger partial charge in [0.2, 0.25) is 6.23 Å². The van der Waals surface area contributed by atoms with E-state index in [0.717, 1.165) is 11.0 Å². The van der Waals surface area contributed by atoms with Crippen LogP contribution in [0.25, 0.3) is 0 Å². The Morgan fingerprint density at radius 2 is 1.66 bits per heavy atom. The number of ether oxygens (including phenoxy) is 2. The second-order valence-corrected chi connectivity index (χ2v) is 9.30. The number of carbonyl (C=O) groups is 5. The van der Waals surface area contributed by atoms with Gasteiger partial charge in [-0.15, -0.1) is 0 Å². The van der Waals surface area contributed by atoms with Gasteiger partial charge in [-0.2, -0.15) is 0 Å². The quantitative estimate of drug-likeness (QED) is 0.197. The van der Waals surface area contributed by atoms with Crippen molar-refractivity contribution in [1.29, 1.82) is 0 Å². The van der Waals surface area contributed by atoms with Gasteiger partial charge in [-0.05, 0) is 55.0 Å². The number of aromatic carboxylic acids is 1. The normalized spacial score (nSPS) is 15.5. The van der Waals surface area contributed by atoms with E-state index in [-0.39, 0.29) is 35.0 Å². The van der Waals surface area contributed by atoms with Crippen LogP contribution in [0.4, 0.5) is 10.5 Å². The molecule has 0 radical (unpaired) electrons. The molecule has 0 spiro atoms. The molecule has 1 saturated heterocycles. The van der Waals surface area contributed by atoms with Crippen LogP contribution in [0.2, 0.25) is 5.02 Å². The maximum Gasteiger partial charge on any atom is 0.335 e. The van der Waals surface area contributed by atoms with Crippen LogP contribution in [-0.4, -0.2) is 70.5 Å². The van der Waals surface area contributed by atoms with Gasteiger partial charge in [-0.3, -0.25) is 19.3 Å². The molecule has 12 heteroatoms. The van der Waals surface area contributed by atoms with Crippen molar-refractivity contribution in [2.75, 3.05) is 19.0 Å². The van der Waals surface area contributed by atoms with Gasteiger partial charge in [0, 0.05) is 12.2 Å². The van der Waals surface area contributed by atoms with Crippen molar-refractivity contribution in [3.8, 4) is 5.75 Å². The summed E-state index contributed by atoms with van der Waals surface area (Å²) in [4.78, 5) is 68.1. The summed E-state index contributed by atoms with van der Waals surface area (Å²) in [6.45, 7) is 1.69. The Labute approximate surface area is 240 Å². The summed E-state index contributed by atoms with van der Waals surface area (Å²) in [5.41, 5.74) is 0.415. The van der Waals surface area contributed by atoms with Crippen LogP contribution in [0.3, 0.4) is 0 Å². The number of carboxylic acids is 1. The van der Waals surface area contributed by atoms with Gasteiger partial charge in [0.1, 0.15) is 5.75 Å². The Balaban J connectivity index is 1.76. The number of hydrogen-bond donors (Lipinski definition) is 2. The van der Waals surface area contributed by atoms with Crippen LogP contribution in [0.5, 0.6) is 5.75 Å². The van der Waals surface area contributed by atoms with Crippen LogP contribution in [-0.2, 0) is 20.9 Å². The number of carbonyl (C=O) groups excluding carboxylic acids is 4. The van der Waals surface area contributed by atoms with E-state index < -0.39 is 41.9 Å². The number of hydrogen-bond acceptors (Lipinski definition) is 7. The average molecular weight is 580 g/mol. The highest BCUT2D eigenvalue weighted by molar-refractivity contribution is 6.34. The zero-order valence-electron chi connectivity index (χ0n) is 22.1. The van der Waals surface area contributed by atoms with Crippen molar-refractivity contribution < 1.29 is 38.6 Å². The summed E-state index contributed by atoms with van der Waals surface area (Å²) in [6.07, 6.45) is -1.38. The monoisotopic (exact) mass is 579 g/mol. The number of Topliss-reactive ketones (excluding diaryl/α,β-unsaturated/α-hetero) is 1. The first-order valence-corrected chi connectivity index (χ1v) is 12.8. The van der Waals surface area contributed by atoms with Gasteiger partial charge >= 0.3 is 12.0 Å². The van der Waals surface area contributed by atoms with E-state index in [1.165, 1.54) is 43.5 Å². The standard InChI is InChI=1S/C29H26ClN3O8/c1-3-41-27-26(36)33(29(39)32(27)16-17-7-5-4-6-8-17)23(24(34)18-9-12-20(40-2)13-10-18)25(35)31-22-15-19(28(37)38)11-14-21(22)30/h4-15,23,27H,3,16H2,1-2H3,(H,31,35)(H,37,38). The topological polar surface area (TPSA) is 143 Å². The van der Waals surface area contributed by atoms with Crippen LogP contribution in [0.15, 0.2) is 72.8 Å². The summed E-state index contributed by atoms with van der Waals surface area (Å²) >= 11 is 6.19.